The zero-order valence-corrected chi connectivity index (χ0v) is 12.2. The number of hydrogen-bond acceptors (Lipinski definition) is 2. The topological polar surface area (TPSA) is 41.6 Å². The molecule has 1 fully saturated rings. The molecule has 20 heavy (non-hydrogen) atoms. The van der Waals surface area contributed by atoms with Crippen LogP contribution in [0.15, 0.2) is 24.3 Å². The number of likely N-dealkylation sites (tertiary alicyclic amines) is 1. The molecule has 0 aliphatic carbocycles. The molecule has 2 amide bonds. The minimum atomic E-state index is 0.0390. The van der Waals surface area contributed by atoms with Gasteiger partial charge >= 0.3 is 6.03 Å². The van der Waals surface area contributed by atoms with Gasteiger partial charge in [-0.1, -0.05) is 25.1 Å². The van der Waals surface area contributed by atoms with Gasteiger partial charge in [-0.3, -0.25) is 0 Å². The third kappa shape index (κ3) is 4.15. The van der Waals surface area contributed by atoms with Crippen LogP contribution in [0.4, 0.5) is 4.79 Å². The molecule has 110 valence electrons. The summed E-state index contributed by atoms with van der Waals surface area (Å²) in [4.78, 5) is 13.8. The van der Waals surface area contributed by atoms with Crippen molar-refractivity contribution in [2.75, 3.05) is 26.2 Å². The Hall–Kier alpha value is -1.71. The van der Waals surface area contributed by atoms with Crippen molar-refractivity contribution in [2.45, 2.75) is 32.6 Å². The first-order valence-electron chi connectivity index (χ1n) is 7.54. The van der Waals surface area contributed by atoms with E-state index in [1.165, 1.54) is 12.0 Å². The van der Waals surface area contributed by atoms with Crippen LogP contribution in [0.2, 0.25) is 0 Å². The molecule has 0 spiro atoms. The third-order valence-electron chi connectivity index (χ3n) is 3.63. The monoisotopic (exact) mass is 276 g/mol. The highest BCUT2D eigenvalue weighted by atomic mass is 16.5. The fraction of sp³-hybridized carbons (Fsp3) is 0.562. The smallest absolute Gasteiger partial charge is 0.317 e. The summed E-state index contributed by atoms with van der Waals surface area (Å²) in [5.74, 6) is 0.919. The van der Waals surface area contributed by atoms with Crippen LogP contribution in [0.5, 0.6) is 5.75 Å². The molecule has 2 rings (SSSR count). The third-order valence-corrected chi connectivity index (χ3v) is 3.63. The van der Waals surface area contributed by atoms with Gasteiger partial charge < -0.3 is 15.0 Å². The van der Waals surface area contributed by atoms with E-state index in [4.69, 9.17) is 4.74 Å². The molecular weight excluding hydrogens is 252 g/mol. The van der Waals surface area contributed by atoms with Crippen LogP contribution in [0, 0.1) is 0 Å². The van der Waals surface area contributed by atoms with E-state index in [0.717, 1.165) is 38.1 Å². The van der Waals surface area contributed by atoms with Crippen molar-refractivity contribution in [1.82, 2.24) is 10.2 Å². The first kappa shape index (κ1) is 14.7. The Labute approximate surface area is 121 Å². The lowest BCUT2D eigenvalue weighted by Crippen LogP contribution is -2.43. The van der Waals surface area contributed by atoms with Crippen LogP contribution in [0.1, 0.15) is 31.7 Å². The van der Waals surface area contributed by atoms with E-state index < -0.39 is 0 Å². The normalized spacial score (nSPS) is 14.9. The molecule has 1 aliphatic rings. The van der Waals surface area contributed by atoms with Gasteiger partial charge in [0.15, 0.2) is 0 Å². The van der Waals surface area contributed by atoms with Crippen molar-refractivity contribution >= 4 is 6.03 Å². The number of benzene rings is 1. The Morgan fingerprint density at radius 1 is 1.25 bits per heavy atom. The van der Waals surface area contributed by atoms with Crippen LogP contribution >= 0.6 is 0 Å². The van der Waals surface area contributed by atoms with Gasteiger partial charge in [-0.05, 0) is 37.3 Å². The van der Waals surface area contributed by atoms with Crippen molar-refractivity contribution in [3.63, 3.8) is 0 Å². The minimum absolute atomic E-state index is 0.0390. The maximum absolute atomic E-state index is 11.9. The van der Waals surface area contributed by atoms with Crippen molar-refractivity contribution in [3.8, 4) is 5.75 Å². The Balaban J connectivity index is 1.69. The molecule has 0 radical (unpaired) electrons. The van der Waals surface area contributed by atoms with Gasteiger partial charge in [0.2, 0.25) is 0 Å². The molecule has 0 bridgehead atoms. The SMILES string of the molecule is CCc1ccccc1OCCNC(=O)N1CCCCC1. The van der Waals surface area contributed by atoms with Crippen LogP contribution < -0.4 is 10.1 Å². The van der Waals surface area contributed by atoms with Crippen LogP contribution in [0.25, 0.3) is 0 Å². The van der Waals surface area contributed by atoms with Gasteiger partial charge in [0.25, 0.3) is 0 Å². The van der Waals surface area contributed by atoms with E-state index in [0.29, 0.717) is 13.2 Å². The summed E-state index contributed by atoms with van der Waals surface area (Å²) in [6.07, 6.45) is 4.43. The number of carbonyl (C=O) groups is 1. The number of carbonyl (C=O) groups excluding carboxylic acids is 1. The summed E-state index contributed by atoms with van der Waals surface area (Å²) < 4.78 is 5.73. The standard InChI is InChI=1S/C16H24N2O2/c1-2-14-8-4-5-9-15(14)20-13-10-17-16(19)18-11-6-3-7-12-18/h4-5,8-9H,2-3,6-7,10-13H2,1H3,(H,17,19). The molecular formula is C16H24N2O2. The average molecular weight is 276 g/mol. The van der Waals surface area contributed by atoms with Crippen molar-refractivity contribution in [2.24, 2.45) is 0 Å². The van der Waals surface area contributed by atoms with Crippen LogP contribution in [0.3, 0.4) is 0 Å². The van der Waals surface area contributed by atoms with Gasteiger partial charge in [0, 0.05) is 13.1 Å². The summed E-state index contributed by atoms with van der Waals surface area (Å²) in [6, 6.07) is 8.08. The number of piperidine rings is 1. The van der Waals surface area contributed by atoms with Gasteiger partial charge in [-0.2, -0.15) is 0 Å². The number of ether oxygens (including phenoxy) is 1. The Bertz CT molecular complexity index is 428. The van der Waals surface area contributed by atoms with Crippen molar-refractivity contribution < 1.29 is 9.53 Å². The summed E-state index contributed by atoms with van der Waals surface area (Å²) in [6.45, 7) is 4.93. The maximum atomic E-state index is 11.9. The van der Waals surface area contributed by atoms with Crippen molar-refractivity contribution in [1.29, 1.82) is 0 Å². The lowest BCUT2D eigenvalue weighted by molar-refractivity contribution is 0.183. The highest BCUT2D eigenvalue weighted by Gasteiger charge is 2.15. The Morgan fingerprint density at radius 3 is 2.75 bits per heavy atom. The highest BCUT2D eigenvalue weighted by molar-refractivity contribution is 5.74. The molecule has 4 nitrogen and oxygen atoms in total. The molecule has 1 aliphatic heterocycles. The first-order chi connectivity index (χ1) is 9.81. The van der Waals surface area contributed by atoms with E-state index in [9.17, 15) is 4.79 Å². The van der Waals surface area contributed by atoms with E-state index in [1.54, 1.807) is 0 Å². The zero-order chi connectivity index (χ0) is 14.2. The number of rotatable bonds is 5. The van der Waals surface area contributed by atoms with Crippen molar-refractivity contribution in [3.05, 3.63) is 29.8 Å². The van der Waals surface area contributed by atoms with E-state index in [-0.39, 0.29) is 6.03 Å². The van der Waals surface area contributed by atoms with Gasteiger partial charge in [-0.25, -0.2) is 4.79 Å². The number of para-hydroxylation sites is 1. The second kappa shape index (κ2) is 7.78. The summed E-state index contributed by atoms with van der Waals surface area (Å²) >= 11 is 0. The quantitative estimate of drug-likeness (QED) is 0.840. The second-order valence-corrected chi connectivity index (χ2v) is 5.09. The molecule has 0 atom stereocenters. The summed E-state index contributed by atoms with van der Waals surface area (Å²) in [7, 11) is 0. The molecule has 1 heterocycles. The number of nitrogens with zero attached hydrogens (tertiary/aromatic N) is 1. The van der Waals surface area contributed by atoms with E-state index in [1.807, 2.05) is 23.1 Å². The lowest BCUT2D eigenvalue weighted by atomic mass is 10.1. The predicted octanol–water partition coefficient (Wildman–Crippen LogP) is 2.82. The highest BCUT2D eigenvalue weighted by Crippen LogP contribution is 2.17. The minimum Gasteiger partial charge on any atom is -0.491 e. The Morgan fingerprint density at radius 2 is 2.00 bits per heavy atom. The number of hydrogen-bond donors (Lipinski definition) is 1. The summed E-state index contributed by atoms with van der Waals surface area (Å²) in [5, 5.41) is 2.92. The van der Waals surface area contributed by atoms with Crippen LogP contribution in [-0.4, -0.2) is 37.2 Å². The molecule has 0 aromatic heterocycles. The van der Waals surface area contributed by atoms with E-state index in [2.05, 4.69) is 18.3 Å². The fourth-order valence-corrected chi connectivity index (χ4v) is 2.46. The van der Waals surface area contributed by atoms with E-state index >= 15 is 0 Å². The zero-order valence-electron chi connectivity index (χ0n) is 12.2. The van der Waals surface area contributed by atoms with Crippen LogP contribution in [-0.2, 0) is 6.42 Å². The fourth-order valence-electron chi connectivity index (χ4n) is 2.46. The van der Waals surface area contributed by atoms with Gasteiger partial charge in [-0.15, -0.1) is 0 Å². The summed E-state index contributed by atoms with van der Waals surface area (Å²) in [5.41, 5.74) is 1.20. The second-order valence-electron chi connectivity index (χ2n) is 5.09. The number of nitrogens with one attached hydrogen (secondary N) is 1. The molecule has 0 unspecified atom stereocenters. The molecule has 1 N–H and O–H groups in total. The molecule has 1 aromatic carbocycles. The largest absolute Gasteiger partial charge is 0.491 e. The number of amides is 2. The molecule has 4 heteroatoms. The number of aryl methyl sites for hydroxylation is 1. The molecule has 1 aromatic rings. The Kier molecular flexibility index (Phi) is 5.71. The molecule has 1 saturated heterocycles. The van der Waals surface area contributed by atoms with Gasteiger partial charge in [0.05, 0.1) is 6.54 Å². The average Bonchev–Trinajstić information content (AvgIpc) is 2.52. The maximum Gasteiger partial charge on any atom is 0.317 e. The first-order valence-corrected chi connectivity index (χ1v) is 7.54. The molecule has 0 saturated carbocycles. The lowest BCUT2D eigenvalue weighted by Gasteiger charge is -2.26. The number of urea groups is 1. The van der Waals surface area contributed by atoms with Gasteiger partial charge in [0.1, 0.15) is 12.4 Å². The predicted molar refractivity (Wildman–Crippen MR) is 80.1 cm³/mol.